The monoisotopic (exact) mass is 396 g/mol. The molecule has 2 aromatic heterocycles. The first-order valence-corrected chi connectivity index (χ1v) is 9.37. The molecular formula is C21H20N2O4S. The Balaban J connectivity index is 1.84. The molecule has 2 heterocycles. The smallest absolute Gasteiger partial charge is 0.341 e. The zero-order chi connectivity index (χ0) is 19.9. The van der Waals surface area contributed by atoms with E-state index in [0.717, 1.165) is 21.1 Å². The zero-order valence-electron chi connectivity index (χ0n) is 15.8. The Bertz CT molecular complexity index is 983. The molecule has 0 saturated heterocycles. The third-order valence-corrected chi connectivity index (χ3v) is 4.93. The van der Waals surface area contributed by atoms with Gasteiger partial charge in [-0.05, 0) is 30.2 Å². The first kappa shape index (κ1) is 19.6. The number of aromatic nitrogens is 2. The number of methoxy groups -OCH3 is 2. The van der Waals surface area contributed by atoms with E-state index in [1.54, 1.807) is 6.20 Å². The average molecular weight is 396 g/mol. The summed E-state index contributed by atoms with van der Waals surface area (Å²) in [5.74, 6) is 0.0763. The summed E-state index contributed by atoms with van der Waals surface area (Å²) < 4.78 is 15.9. The Labute approximate surface area is 167 Å². The van der Waals surface area contributed by atoms with E-state index in [4.69, 9.17) is 14.2 Å². The minimum atomic E-state index is -0.475. The summed E-state index contributed by atoms with van der Waals surface area (Å²) in [5.41, 5.74) is 2.65. The predicted octanol–water partition coefficient (Wildman–Crippen LogP) is 4.25. The van der Waals surface area contributed by atoms with E-state index in [0.29, 0.717) is 17.0 Å². The van der Waals surface area contributed by atoms with Crippen molar-refractivity contribution in [3.05, 3.63) is 70.9 Å². The molecule has 0 aliphatic carbocycles. The highest BCUT2D eigenvalue weighted by molar-refractivity contribution is 7.15. The Kier molecular flexibility index (Phi) is 6.39. The maximum Gasteiger partial charge on any atom is 0.341 e. The minimum Gasteiger partial charge on any atom is -0.503 e. The van der Waals surface area contributed by atoms with Crippen LogP contribution in [-0.2, 0) is 20.9 Å². The van der Waals surface area contributed by atoms with Crippen molar-refractivity contribution in [1.82, 2.24) is 9.97 Å². The average Bonchev–Trinajstić information content (AvgIpc) is 3.11. The number of ether oxygens (including phenoxy) is 3. The number of benzene rings is 1. The van der Waals surface area contributed by atoms with Crippen molar-refractivity contribution in [3.8, 4) is 16.6 Å². The molecule has 0 spiro atoms. The van der Waals surface area contributed by atoms with E-state index in [-0.39, 0.29) is 6.61 Å². The molecule has 6 nitrogen and oxygen atoms in total. The van der Waals surface area contributed by atoms with Crippen LogP contribution in [0.4, 0.5) is 0 Å². The van der Waals surface area contributed by atoms with Crippen molar-refractivity contribution in [2.75, 3.05) is 14.2 Å². The number of esters is 1. The minimum absolute atomic E-state index is 0.250. The lowest BCUT2D eigenvalue weighted by atomic mass is 10.0. The number of nitrogens with zero attached hydrogens (tertiary/aromatic N) is 2. The summed E-state index contributed by atoms with van der Waals surface area (Å²) in [6.45, 7) is 2.20. The van der Waals surface area contributed by atoms with Gasteiger partial charge in [-0.25, -0.2) is 4.79 Å². The summed E-state index contributed by atoms with van der Waals surface area (Å²) in [6.07, 6.45) is 3.11. The number of aryl methyl sites for hydroxylation is 1. The van der Waals surface area contributed by atoms with Crippen LogP contribution in [0.25, 0.3) is 16.3 Å². The lowest BCUT2D eigenvalue weighted by Gasteiger charge is -2.12. The van der Waals surface area contributed by atoms with E-state index >= 15 is 0 Å². The molecule has 0 bridgehead atoms. The molecule has 28 heavy (non-hydrogen) atoms. The summed E-state index contributed by atoms with van der Waals surface area (Å²) in [7, 11) is 2.82. The molecule has 0 aliphatic heterocycles. The van der Waals surface area contributed by atoms with Crippen molar-refractivity contribution >= 4 is 22.9 Å². The highest BCUT2D eigenvalue weighted by Crippen LogP contribution is 2.31. The van der Waals surface area contributed by atoms with Crippen molar-refractivity contribution in [3.63, 3.8) is 0 Å². The molecular weight excluding hydrogens is 376 g/mol. The summed E-state index contributed by atoms with van der Waals surface area (Å²) >= 11 is 1.53. The van der Waals surface area contributed by atoms with Gasteiger partial charge in [0.2, 0.25) is 5.88 Å². The van der Waals surface area contributed by atoms with Gasteiger partial charge in [-0.2, -0.15) is 4.98 Å². The second kappa shape index (κ2) is 9.14. The molecule has 0 N–H and O–H groups in total. The van der Waals surface area contributed by atoms with E-state index < -0.39 is 5.97 Å². The standard InChI is InChI=1S/C21H20N2O4S/c1-14-19(23-20(28-14)18-10-6-7-11-22-18)27-12-15-8-4-5-9-16(15)17(13-25-2)21(24)26-3/h4-11,13H,12H2,1-3H3. The van der Waals surface area contributed by atoms with Gasteiger partial charge in [0.25, 0.3) is 0 Å². The molecule has 0 radical (unpaired) electrons. The van der Waals surface area contributed by atoms with Crippen LogP contribution < -0.4 is 4.74 Å². The third kappa shape index (κ3) is 4.37. The molecule has 144 valence electrons. The van der Waals surface area contributed by atoms with Crippen LogP contribution in [0.1, 0.15) is 16.0 Å². The molecule has 0 saturated carbocycles. The lowest BCUT2D eigenvalue weighted by Crippen LogP contribution is -2.08. The Morgan fingerprint density at radius 1 is 1.14 bits per heavy atom. The number of hydrogen-bond acceptors (Lipinski definition) is 7. The maximum atomic E-state index is 12.1. The zero-order valence-corrected chi connectivity index (χ0v) is 16.7. The number of carbonyl (C=O) groups is 1. The quantitative estimate of drug-likeness (QED) is 0.338. The Hall–Kier alpha value is -3.19. The van der Waals surface area contributed by atoms with Crippen LogP contribution in [0, 0.1) is 6.92 Å². The number of pyridine rings is 1. The fourth-order valence-corrected chi connectivity index (χ4v) is 3.46. The van der Waals surface area contributed by atoms with Crippen molar-refractivity contribution < 1.29 is 19.0 Å². The van der Waals surface area contributed by atoms with Gasteiger partial charge in [0.1, 0.15) is 17.2 Å². The van der Waals surface area contributed by atoms with E-state index in [9.17, 15) is 4.79 Å². The number of rotatable bonds is 7. The Morgan fingerprint density at radius 3 is 2.64 bits per heavy atom. The highest BCUT2D eigenvalue weighted by Gasteiger charge is 2.18. The number of hydrogen-bond donors (Lipinski definition) is 0. The van der Waals surface area contributed by atoms with Gasteiger partial charge in [-0.15, -0.1) is 11.3 Å². The van der Waals surface area contributed by atoms with Crippen LogP contribution >= 0.6 is 11.3 Å². The SMILES string of the molecule is COC=C(C(=O)OC)c1ccccc1COc1nc(-c2ccccn2)sc1C. The number of carbonyl (C=O) groups excluding carboxylic acids is 1. The van der Waals surface area contributed by atoms with Gasteiger partial charge >= 0.3 is 5.97 Å². The first-order valence-electron chi connectivity index (χ1n) is 8.55. The summed E-state index contributed by atoms with van der Waals surface area (Å²) in [5, 5.41) is 0.802. The molecule has 0 atom stereocenters. The van der Waals surface area contributed by atoms with Crippen molar-refractivity contribution in [2.45, 2.75) is 13.5 Å². The molecule has 0 fully saturated rings. The fraction of sp³-hybridized carbons (Fsp3) is 0.190. The molecule has 0 amide bonds. The third-order valence-electron chi connectivity index (χ3n) is 3.95. The molecule has 3 aromatic rings. The van der Waals surface area contributed by atoms with Gasteiger partial charge in [-0.1, -0.05) is 30.3 Å². The van der Waals surface area contributed by atoms with Crippen molar-refractivity contribution in [1.29, 1.82) is 0 Å². The van der Waals surface area contributed by atoms with E-state index in [1.807, 2.05) is 49.4 Å². The predicted molar refractivity (Wildman–Crippen MR) is 108 cm³/mol. The van der Waals surface area contributed by atoms with Crippen LogP contribution in [-0.4, -0.2) is 30.2 Å². The van der Waals surface area contributed by atoms with Crippen molar-refractivity contribution in [2.24, 2.45) is 0 Å². The van der Waals surface area contributed by atoms with Crippen LogP contribution in [0.3, 0.4) is 0 Å². The van der Waals surface area contributed by atoms with Gasteiger partial charge in [0.15, 0.2) is 0 Å². The lowest BCUT2D eigenvalue weighted by molar-refractivity contribution is -0.133. The molecule has 7 heteroatoms. The van der Waals surface area contributed by atoms with Gasteiger partial charge in [0, 0.05) is 6.20 Å². The first-order chi connectivity index (χ1) is 13.6. The van der Waals surface area contributed by atoms with Crippen LogP contribution in [0.15, 0.2) is 54.9 Å². The van der Waals surface area contributed by atoms with Gasteiger partial charge < -0.3 is 14.2 Å². The van der Waals surface area contributed by atoms with Gasteiger partial charge in [-0.3, -0.25) is 4.98 Å². The van der Waals surface area contributed by atoms with Crippen LogP contribution in [0.5, 0.6) is 5.88 Å². The second-order valence-electron chi connectivity index (χ2n) is 5.80. The fourth-order valence-electron chi connectivity index (χ4n) is 2.62. The Morgan fingerprint density at radius 2 is 1.93 bits per heavy atom. The summed E-state index contributed by atoms with van der Waals surface area (Å²) in [6, 6.07) is 13.2. The molecule has 0 unspecified atom stereocenters. The summed E-state index contributed by atoms with van der Waals surface area (Å²) in [4.78, 5) is 22.0. The number of thiazole rings is 1. The molecule has 1 aromatic carbocycles. The maximum absolute atomic E-state index is 12.1. The molecule has 0 aliphatic rings. The van der Waals surface area contributed by atoms with Crippen LogP contribution in [0.2, 0.25) is 0 Å². The van der Waals surface area contributed by atoms with E-state index in [1.165, 1.54) is 31.8 Å². The normalized spacial score (nSPS) is 11.2. The van der Waals surface area contributed by atoms with Gasteiger partial charge in [0.05, 0.1) is 31.1 Å². The topological polar surface area (TPSA) is 70.5 Å². The van der Waals surface area contributed by atoms with E-state index in [2.05, 4.69) is 9.97 Å². The highest BCUT2D eigenvalue weighted by atomic mass is 32.1. The largest absolute Gasteiger partial charge is 0.503 e. The molecule has 3 rings (SSSR count). The second-order valence-corrected chi connectivity index (χ2v) is 7.00.